The summed E-state index contributed by atoms with van der Waals surface area (Å²) in [5, 5.41) is 8.77. The van der Waals surface area contributed by atoms with Gasteiger partial charge in [0.15, 0.2) is 0 Å². The van der Waals surface area contributed by atoms with Gasteiger partial charge in [0.2, 0.25) is 0 Å². The predicted octanol–water partition coefficient (Wildman–Crippen LogP) is 2.55. The van der Waals surface area contributed by atoms with Crippen molar-refractivity contribution in [1.29, 1.82) is 0 Å². The van der Waals surface area contributed by atoms with Crippen LogP contribution in [-0.2, 0) is 0 Å². The molecule has 0 saturated heterocycles. The molecule has 0 heterocycles. The summed E-state index contributed by atoms with van der Waals surface area (Å²) in [5.74, 6) is -0.867. The molecule has 66 valence electrons. The van der Waals surface area contributed by atoms with Gasteiger partial charge >= 0.3 is 35.5 Å². The van der Waals surface area contributed by atoms with Crippen LogP contribution < -0.4 is 0 Å². The van der Waals surface area contributed by atoms with Gasteiger partial charge in [-0.2, -0.15) is 0 Å². The summed E-state index contributed by atoms with van der Waals surface area (Å²) in [6.07, 6.45) is 0. The van der Waals surface area contributed by atoms with Crippen LogP contribution in [0.2, 0.25) is 0 Å². The second kappa shape index (κ2) is 6.46. The van der Waals surface area contributed by atoms with Gasteiger partial charge < -0.3 is 5.11 Å². The molecule has 0 atom stereocenters. The fraction of sp³-hybridized carbons (Fsp3) is 0. The number of benzene rings is 1. The average Bonchev–Trinajstić information content (AvgIpc) is 2.00. The van der Waals surface area contributed by atoms with Crippen LogP contribution in [0, 0.1) is 10.7 Å². The average molecular weight is 524 g/mol. The third kappa shape index (κ3) is 3.74. The van der Waals surface area contributed by atoms with Crippen LogP contribution in [-0.4, -0.2) is 40.6 Å². The molecular weight excluding hydrogens is 520 g/mol. The molecule has 1 aromatic carbocycles. The van der Waals surface area contributed by atoms with Crippen molar-refractivity contribution >= 4 is 103 Å². The maximum atomic E-state index is 10.7. The fourth-order valence-corrected chi connectivity index (χ4v) is 2.83. The molecule has 0 fully saturated rings. The predicted molar refractivity (Wildman–Crippen MR) is 78.7 cm³/mol. The Morgan fingerprint density at radius 2 is 1.69 bits per heavy atom. The van der Waals surface area contributed by atoms with Gasteiger partial charge in [0.1, 0.15) is 0 Å². The Hall–Kier alpha value is 1.88. The van der Waals surface area contributed by atoms with Crippen LogP contribution in [0.15, 0.2) is 12.1 Å². The van der Waals surface area contributed by atoms with Crippen molar-refractivity contribution in [3.8, 4) is 0 Å². The third-order valence-electron chi connectivity index (χ3n) is 1.27. The third-order valence-corrected chi connectivity index (χ3v) is 6.47. The monoisotopic (exact) mass is 524 g/mol. The van der Waals surface area contributed by atoms with Crippen molar-refractivity contribution in [1.82, 2.24) is 0 Å². The molecule has 0 aliphatic rings. The van der Waals surface area contributed by atoms with Crippen molar-refractivity contribution in [3.05, 3.63) is 28.4 Å². The van der Waals surface area contributed by atoms with E-state index in [1.165, 1.54) is 0 Å². The van der Waals surface area contributed by atoms with Gasteiger partial charge in [0, 0.05) is 10.7 Å². The molecule has 0 bridgehead atoms. The van der Waals surface area contributed by atoms with E-state index in [1.54, 1.807) is 6.07 Å². The molecule has 0 unspecified atom stereocenters. The maximum absolute atomic E-state index is 10.7. The Morgan fingerprint density at radius 3 is 2.15 bits per heavy atom. The Bertz CT molecular complexity index is 341. The van der Waals surface area contributed by atoms with Crippen molar-refractivity contribution < 1.29 is 9.90 Å². The van der Waals surface area contributed by atoms with Gasteiger partial charge in [-0.25, -0.2) is 4.79 Å². The van der Waals surface area contributed by atoms with Crippen LogP contribution in [0.1, 0.15) is 10.4 Å². The molecule has 2 nitrogen and oxygen atoms in total. The fourth-order valence-electron chi connectivity index (χ4n) is 0.691. The van der Waals surface area contributed by atoms with E-state index in [4.69, 9.17) is 5.11 Å². The number of rotatable bonds is 1. The zero-order valence-corrected chi connectivity index (χ0v) is 12.1. The molecule has 0 aromatic heterocycles. The van der Waals surface area contributed by atoms with Crippen molar-refractivity contribution in [2.75, 3.05) is 0 Å². The molecule has 0 saturated carbocycles. The van der Waals surface area contributed by atoms with Crippen LogP contribution >= 0.6 is 67.8 Å². The Morgan fingerprint density at radius 1 is 1.15 bits per heavy atom. The van der Waals surface area contributed by atoms with E-state index in [9.17, 15) is 4.79 Å². The summed E-state index contributed by atoms with van der Waals surface area (Å²) in [4.78, 5) is 10.7. The number of halogens is 3. The second-order valence-corrected chi connectivity index (χ2v) is 5.35. The van der Waals surface area contributed by atoms with Crippen molar-refractivity contribution in [3.63, 3.8) is 0 Å². The molecule has 0 aliphatic carbocycles. The van der Waals surface area contributed by atoms with Gasteiger partial charge in [0.25, 0.3) is 0 Å². The number of hydrogen-bond donors (Lipinski definition) is 1. The summed E-state index contributed by atoms with van der Waals surface area (Å²) in [6, 6.07) is 3.45. The topological polar surface area (TPSA) is 37.3 Å². The van der Waals surface area contributed by atoms with Gasteiger partial charge in [-0.15, -0.1) is 0 Å². The molecule has 13 heavy (non-hydrogen) atoms. The van der Waals surface area contributed by atoms with Gasteiger partial charge in [0.05, 0.1) is 5.56 Å². The molecule has 0 spiro atoms. The molecule has 0 radical (unpaired) electrons. The Labute approximate surface area is 139 Å². The summed E-state index contributed by atoms with van der Waals surface area (Å²) in [5.41, 5.74) is 0.375. The zero-order chi connectivity index (χ0) is 9.30. The first-order valence-corrected chi connectivity index (χ1v) is 6.14. The molecular formula is C7H4I3NaO2. The quantitative estimate of drug-likeness (QED) is 0.349. The van der Waals surface area contributed by atoms with E-state index < -0.39 is 5.97 Å². The van der Waals surface area contributed by atoms with Gasteiger partial charge in [-0.1, -0.05) is 0 Å². The van der Waals surface area contributed by atoms with E-state index in [1.807, 2.05) is 6.07 Å². The number of aromatic carboxylic acids is 1. The van der Waals surface area contributed by atoms with E-state index >= 15 is 0 Å². The van der Waals surface area contributed by atoms with Gasteiger partial charge in [-0.05, 0) is 79.9 Å². The van der Waals surface area contributed by atoms with E-state index in [0.717, 1.165) is 10.7 Å². The number of carbonyl (C=O) groups is 1. The molecule has 1 aromatic rings. The Kier molecular flexibility index (Phi) is 7.39. The first-order valence-electron chi connectivity index (χ1n) is 2.91. The SMILES string of the molecule is O=C(O)c1ccc(I)c(I)c1I.[NaH]. The summed E-state index contributed by atoms with van der Waals surface area (Å²) < 4.78 is 2.91. The normalized spacial score (nSPS) is 9.15. The van der Waals surface area contributed by atoms with E-state index in [0.29, 0.717) is 5.56 Å². The molecule has 1 N–H and O–H groups in total. The van der Waals surface area contributed by atoms with Crippen molar-refractivity contribution in [2.24, 2.45) is 0 Å². The standard InChI is InChI=1S/C7H3I3O2.Na.H/c8-4-2-1-3(7(11)12)5(9)6(4)10;;/h1-2H,(H,11,12);;. The van der Waals surface area contributed by atoms with E-state index in [-0.39, 0.29) is 29.6 Å². The summed E-state index contributed by atoms with van der Waals surface area (Å²) in [7, 11) is 0. The Balaban J connectivity index is 0.00000144. The second-order valence-electron chi connectivity index (χ2n) is 2.03. The zero-order valence-electron chi connectivity index (χ0n) is 5.64. The minimum atomic E-state index is -0.867. The van der Waals surface area contributed by atoms with Crippen LogP contribution in [0.4, 0.5) is 0 Å². The molecule has 6 heteroatoms. The van der Waals surface area contributed by atoms with Crippen LogP contribution in [0.25, 0.3) is 0 Å². The number of carboxylic acid groups (broad SMARTS) is 1. The first-order chi connectivity index (χ1) is 5.54. The van der Waals surface area contributed by atoms with E-state index in [2.05, 4.69) is 67.8 Å². The minimum absolute atomic E-state index is 0. The summed E-state index contributed by atoms with van der Waals surface area (Å²) in [6.45, 7) is 0. The van der Waals surface area contributed by atoms with Crippen molar-refractivity contribution in [2.45, 2.75) is 0 Å². The van der Waals surface area contributed by atoms with Gasteiger partial charge in [-0.3, -0.25) is 0 Å². The van der Waals surface area contributed by atoms with Crippen LogP contribution in [0.5, 0.6) is 0 Å². The molecule has 0 amide bonds. The molecule has 0 aliphatic heterocycles. The summed E-state index contributed by atoms with van der Waals surface area (Å²) >= 11 is 6.39. The number of carboxylic acids is 1. The van der Waals surface area contributed by atoms with Crippen LogP contribution in [0.3, 0.4) is 0 Å². The first kappa shape index (κ1) is 14.9. The number of hydrogen-bond acceptors (Lipinski definition) is 1. The molecule has 1 rings (SSSR count).